The minimum absolute atomic E-state index is 0.0121. The number of carbonyl (C=O) groups is 6. The van der Waals surface area contributed by atoms with Gasteiger partial charge in [-0.2, -0.15) is 0 Å². The number of carbonyl (C=O) groups excluding carboxylic acids is 6. The van der Waals surface area contributed by atoms with Gasteiger partial charge < -0.3 is 26.2 Å². The van der Waals surface area contributed by atoms with Gasteiger partial charge in [0.25, 0.3) is 5.91 Å². The molecule has 2 aliphatic heterocycles. The number of likely N-dealkylation sites (tertiary alicyclic amines) is 1. The van der Waals surface area contributed by atoms with Crippen LogP contribution in [-0.4, -0.2) is 78.5 Å². The Morgan fingerprint density at radius 3 is 2.28 bits per heavy atom. The molecule has 6 atom stereocenters. The fraction of sp³-hybridized carbons (Fsp3) is 0.714. The maximum absolute atomic E-state index is 13.9. The minimum atomic E-state index is -1.21. The third-order valence-electron chi connectivity index (χ3n) is 8.66. The van der Waals surface area contributed by atoms with Crippen LogP contribution in [0.2, 0.25) is 0 Å². The molecule has 0 radical (unpaired) electrons. The summed E-state index contributed by atoms with van der Waals surface area (Å²) < 4.78 is 0. The molecule has 1 aliphatic carbocycles. The van der Waals surface area contributed by atoms with Crippen molar-refractivity contribution in [2.75, 3.05) is 20.1 Å². The molecular weight excluding hydrogens is 502 g/mol. The number of nitrogens with zero attached hydrogens (tertiary/aromatic N) is 1. The van der Waals surface area contributed by atoms with E-state index in [4.69, 9.17) is 0 Å². The Morgan fingerprint density at radius 1 is 1.13 bits per heavy atom. The minimum Gasteiger partial charge on any atom is -0.356 e. The lowest BCUT2D eigenvalue weighted by Gasteiger charge is -2.38. The van der Waals surface area contributed by atoms with E-state index in [0.717, 1.165) is 0 Å². The van der Waals surface area contributed by atoms with Crippen molar-refractivity contribution in [3.8, 4) is 0 Å². The monoisotopic (exact) mass is 545 g/mol. The Hall–Kier alpha value is -3.24. The number of likely N-dealkylation sites (N-methyl/N-ethyl adjacent to an activating group) is 1. The Bertz CT molecular complexity index is 1080. The first-order valence-electron chi connectivity index (χ1n) is 13.7. The molecule has 0 spiro atoms. The van der Waals surface area contributed by atoms with E-state index >= 15 is 0 Å². The van der Waals surface area contributed by atoms with Gasteiger partial charge in [-0.3, -0.25) is 28.8 Å². The summed E-state index contributed by atoms with van der Waals surface area (Å²) in [6.07, 6.45) is 0.916. The van der Waals surface area contributed by atoms with Gasteiger partial charge in [-0.15, -0.1) is 0 Å². The van der Waals surface area contributed by atoms with Crippen molar-refractivity contribution in [3.05, 3.63) is 12.2 Å². The summed E-state index contributed by atoms with van der Waals surface area (Å²) in [4.78, 5) is 79.3. The van der Waals surface area contributed by atoms with Crippen LogP contribution in [0.3, 0.4) is 0 Å². The fourth-order valence-corrected chi connectivity index (χ4v) is 5.95. The molecule has 1 saturated carbocycles. The lowest BCUT2D eigenvalue weighted by Crippen LogP contribution is -2.60. The Kier molecular flexibility index (Phi) is 8.62. The van der Waals surface area contributed by atoms with Gasteiger partial charge in [0.15, 0.2) is 0 Å². The van der Waals surface area contributed by atoms with Crippen LogP contribution in [0.15, 0.2) is 12.2 Å². The average molecular weight is 546 g/mol. The standard InChI is InChI=1S/C28H43N5O6/c1-9-14(2)22(35)32-21(27(3,4)5)26(39)33-13-16-18(28(16,6)7)19(33)24(37)31-17(20(34)25(38)29-8)12-15-10-11-30-23(15)36/h15-19,21H,2,9-13H2,1,3-8H3,(H,29,38)(H,30,36)(H,31,37)(H,32,35)/t15-,16?,17-,18?,19-,21?/m0/s1. The van der Waals surface area contributed by atoms with Crippen LogP contribution in [0, 0.1) is 28.6 Å². The molecule has 3 aliphatic rings. The zero-order chi connectivity index (χ0) is 29.4. The van der Waals surface area contributed by atoms with Crippen LogP contribution < -0.4 is 21.3 Å². The number of hydrogen-bond acceptors (Lipinski definition) is 6. The summed E-state index contributed by atoms with van der Waals surface area (Å²) in [5, 5.41) is 10.5. The number of nitrogens with one attached hydrogen (secondary N) is 4. The molecule has 5 amide bonds. The molecule has 0 aromatic carbocycles. The molecule has 0 aromatic heterocycles. The molecule has 39 heavy (non-hydrogen) atoms. The Labute approximate surface area is 230 Å². The molecule has 2 saturated heterocycles. The highest BCUT2D eigenvalue weighted by molar-refractivity contribution is 6.38. The van der Waals surface area contributed by atoms with E-state index in [2.05, 4.69) is 27.8 Å². The smallest absolute Gasteiger partial charge is 0.289 e. The predicted octanol–water partition coefficient (Wildman–Crippen LogP) is 0.293. The topological polar surface area (TPSA) is 154 Å². The molecule has 0 bridgehead atoms. The summed E-state index contributed by atoms with van der Waals surface area (Å²) in [6.45, 7) is 16.0. The van der Waals surface area contributed by atoms with Crippen LogP contribution in [0.5, 0.6) is 0 Å². The second-order valence-electron chi connectivity index (χ2n) is 12.6. The highest BCUT2D eigenvalue weighted by Crippen LogP contribution is 2.65. The lowest BCUT2D eigenvalue weighted by atomic mass is 9.85. The molecule has 3 unspecified atom stereocenters. The van der Waals surface area contributed by atoms with Crippen LogP contribution in [0.25, 0.3) is 0 Å². The van der Waals surface area contributed by atoms with Gasteiger partial charge in [0, 0.05) is 31.6 Å². The predicted molar refractivity (Wildman–Crippen MR) is 144 cm³/mol. The molecular formula is C28H43N5O6. The number of hydrogen-bond donors (Lipinski definition) is 4. The molecule has 4 N–H and O–H groups in total. The summed E-state index contributed by atoms with van der Waals surface area (Å²) in [5.41, 5.74) is -0.498. The molecule has 0 aromatic rings. The van der Waals surface area contributed by atoms with E-state index in [-0.39, 0.29) is 35.5 Å². The van der Waals surface area contributed by atoms with E-state index in [1.165, 1.54) is 11.9 Å². The Morgan fingerprint density at radius 2 is 1.77 bits per heavy atom. The maximum Gasteiger partial charge on any atom is 0.289 e. The van der Waals surface area contributed by atoms with E-state index in [9.17, 15) is 28.8 Å². The van der Waals surface area contributed by atoms with Gasteiger partial charge in [-0.05, 0) is 41.9 Å². The van der Waals surface area contributed by atoms with E-state index in [1.807, 2.05) is 34.6 Å². The number of ketones is 1. The average Bonchev–Trinajstić information content (AvgIpc) is 3.22. The van der Waals surface area contributed by atoms with Gasteiger partial charge in [-0.25, -0.2) is 0 Å². The first-order valence-corrected chi connectivity index (χ1v) is 13.7. The lowest BCUT2D eigenvalue weighted by molar-refractivity contribution is -0.146. The Balaban J connectivity index is 1.88. The van der Waals surface area contributed by atoms with Crippen LogP contribution in [0.1, 0.15) is 60.8 Å². The summed E-state index contributed by atoms with van der Waals surface area (Å²) in [5.74, 6) is -3.85. The van der Waals surface area contributed by atoms with E-state index in [0.29, 0.717) is 31.5 Å². The SMILES string of the molecule is C=C(CC)C(=O)NC(C(=O)N1CC2C([C@H]1C(=O)N[C@@H](C[C@@H]1CCNC1=O)C(=O)C(=O)NC)C2(C)C)C(C)(C)C. The second-order valence-corrected chi connectivity index (χ2v) is 12.6. The van der Waals surface area contributed by atoms with Crippen LogP contribution in [0.4, 0.5) is 0 Å². The fourth-order valence-electron chi connectivity index (χ4n) is 5.95. The van der Waals surface area contributed by atoms with Crippen LogP contribution in [-0.2, 0) is 28.8 Å². The van der Waals surface area contributed by atoms with Crippen molar-refractivity contribution in [1.82, 2.24) is 26.2 Å². The number of rotatable bonds is 10. The second kappa shape index (κ2) is 11.1. The van der Waals surface area contributed by atoms with Gasteiger partial charge >= 0.3 is 0 Å². The molecule has 2 heterocycles. The normalized spacial score (nSPS) is 26.5. The van der Waals surface area contributed by atoms with Crippen molar-refractivity contribution in [2.45, 2.75) is 78.9 Å². The van der Waals surface area contributed by atoms with Crippen molar-refractivity contribution < 1.29 is 28.8 Å². The van der Waals surface area contributed by atoms with Gasteiger partial charge in [0.1, 0.15) is 12.1 Å². The number of fused-ring (bicyclic) bond motifs is 1. The van der Waals surface area contributed by atoms with Crippen molar-refractivity contribution >= 4 is 35.3 Å². The molecule has 11 nitrogen and oxygen atoms in total. The van der Waals surface area contributed by atoms with E-state index in [1.54, 1.807) is 6.92 Å². The highest BCUT2D eigenvalue weighted by Gasteiger charge is 2.70. The largest absolute Gasteiger partial charge is 0.356 e. The number of piperidine rings is 1. The van der Waals surface area contributed by atoms with E-state index < -0.39 is 53.0 Å². The van der Waals surface area contributed by atoms with Crippen molar-refractivity contribution in [1.29, 1.82) is 0 Å². The highest BCUT2D eigenvalue weighted by atomic mass is 16.2. The van der Waals surface area contributed by atoms with Crippen molar-refractivity contribution in [3.63, 3.8) is 0 Å². The summed E-state index contributed by atoms with van der Waals surface area (Å²) >= 11 is 0. The molecule has 216 valence electrons. The zero-order valence-corrected chi connectivity index (χ0v) is 24.1. The van der Waals surface area contributed by atoms with Gasteiger partial charge in [0.2, 0.25) is 29.4 Å². The summed E-state index contributed by atoms with van der Waals surface area (Å²) in [6, 6.07) is -3.00. The van der Waals surface area contributed by atoms with Crippen molar-refractivity contribution in [2.24, 2.45) is 28.6 Å². The van der Waals surface area contributed by atoms with Crippen LogP contribution >= 0.6 is 0 Å². The zero-order valence-electron chi connectivity index (χ0n) is 24.1. The number of Topliss-reactive ketones (excluding diaryl/α,β-unsaturated/α-hetero) is 1. The quantitative estimate of drug-likeness (QED) is 0.229. The summed E-state index contributed by atoms with van der Waals surface area (Å²) in [7, 11) is 1.32. The van der Waals surface area contributed by atoms with Gasteiger partial charge in [0.05, 0.1) is 6.04 Å². The third kappa shape index (κ3) is 6.01. The van der Waals surface area contributed by atoms with Gasteiger partial charge in [-0.1, -0.05) is 48.1 Å². The maximum atomic E-state index is 13.9. The molecule has 3 fully saturated rings. The molecule has 3 rings (SSSR count). The molecule has 11 heteroatoms. The first-order chi connectivity index (χ1) is 18.1. The third-order valence-corrected chi connectivity index (χ3v) is 8.66. The first kappa shape index (κ1) is 30.3. The number of amides is 5.